The van der Waals surface area contributed by atoms with Gasteiger partial charge in [0.25, 0.3) is 11.5 Å². The Hall–Kier alpha value is -3.23. The predicted octanol–water partition coefficient (Wildman–Crippen LogP) is -1.09. The predicted molar refractivity (Wildman–Crippen MR) is 90.0 cm³/mol. The summed E-state index contributed by atoms with van der Waals surface area (Å²) in [5.41, 5.74) is 5.73. The molecule has 130 valence electrons. The maximum absolute atomic E-state index is 12.4. The van der Waals surface area contributed by atoms with Crippen LogP contribution in [0.4, 0.5) is 0 Å². The molecule has 9 nitrogen and oxygen atoms in total. The monoisotopic (exact) mass is 343 g/mol. The van der Waals surface area contributed by atoms with E-state index >= 15 is 0 Å². The number of carbonyl (C=O) groups is 1. The number of nitrogens with zero attached hydrogens (tertiary/aromatic N) is 5. The van der Waals surface area contributed by atoms with E-state index < -0.39 is 11.6 Å². The van der Waals surface area contributed by atoms with E-state index in [4.69, 9.17) is 5.73 Å². The molecule has 3 rings (SSSR count). The van der Waals surface area contributed by atoms with E-state index in [1.807, 2.05) is 10.8 Å². The van der Waals surface area contributed by atoms with Gasteiger partial charge in [0.2, 0.25) is 0 Å². The second-order valence-electron chi connectivity index (χ2n) is 5.86. The molecule has 0 fully saturated rings. The number of hydrogen-bond donors (Lipinski definition) is 1. The lowest BCUT2D eigenvalue weighted by Crippen LogP contribution is -2.38. The fourth-order valence-electron chi connectivity index (χ4n) is 2.80. The summed E-state index contributed by atoms with van der Waals surface area (Å²) >= 11 is 0. The van der Waals surface area contributed by atoms with E-state index in [1.54, 1.807) is 36.3 Å². The van der Waals surface area contributed by atoms with Crippen LogP contribution >= 0.6 is 0 Å². The summed E-state index contributed by atoms with van der Waals surface area (Å²) in [5.74, 6) is -0.473. The van der Waals surface area contributed by atoms with Crippen LogP contribution in [0.25, 0.3) is 11.2 Å². The highest BCUT2D eigenvalue weighted by atomic mass is 16.2. The summed E-state index contributed by atoms with van der Waals surface area (Å²) in [6.45, 7) is 1.20. The largest absolute Gasteiger partial charge is 0.365 e. The molecule has 0 spiro atoms. The Kier molecular flexibility index (Phi) is 4.22. The van der Waals surface area contributed by atoms with Crippen LogP contribution in [0.2, 0.25) is 0 Å². The van der Waals surface area contributed by atoms with E-state index in [-0.39, 0.29) is 5.56 Å². The summed E-state index contributed by atoms with van der Waals surface area (Å²) < 4.78 is 6.05. The second-order valence-corrected chi connectivity index (χ2v) is 5.86. The Labute approximate surface area is 142 Å². The first kappa shape index (κ1) is 16.6. The first-order valence-electron chi connectivity index (χ1n) is 7.80. The minimum absolute atomic E-state index is 0.362. The number of aryl methyl sites for hydroxylation is 3. The molecule has 0 aliphatic heterocycles. The van der Waals surface area contributed by atoms with Gasteiger partial charge in [-0.25, -0.2) is 14.3 Å². The molecule has 25 heavy (non-hydrogen) atoms. The van der Waals surface area contributed by atoms with Crippen molar-refractivity contribution >= 4 is 17.1 Å². The average molecular weight is 343 g/mol. The number of imidazole rings is 1. The number of nitrogens with two attached hydrogens (primary N) is 1. The molecule has 0 unspecified atom stereocenters. The Morgan fingerprint density at radius 2 is 2.04 bits per heavy atom. The Morgan fingerprint density at radius 1 is 1.28 bits per heavy atom. The van der Waals surface area contributed by atoms with Gasteiger partial charge in [-0.3, -0.25) is 18.7 Å². The zero-order valence-electron chi connectivity index (χ0n) is 14.0. The highest BCUT2D eigenvalue weighted by Crippen LogP contribution is 2.06. The summed E-state index contributed by atoms with van der Waals surface area (Å²) in [4.78, 5) is 39.7. The molecule has 3 aromatic rings. The van der Waals surface area contributed by atoms with Crippen molar-refractivity contribution in [2.75, 3.05) is 0 Å². The van der Waals surface area contributed by atoms with Crippen LogP contribution < -0.4 is 21.5 Å². The summed E-state index contributed by atoms with van der Waals surface area (Å²) in [6, 6.07) is 3.42. The SMILES string of the molecule is Cn1c(=O)c2c(ncn2CCC[n+]2cccc(C(N)=O)c2)n(C)c1=O. The van der Waals surface area contributed by atoms with Crippen molar-refractivity contribution in [1.29, 1.82) is 0 Å². The van der Waals surface area contributed by atoms with Gasteiger partial charge in [0.15, 0.2) is 23.6 Å². The molecular formula is C16H19N6O3+. The van der Waals surface area contributed by atoms with Crippen LogP contribution in [-0.4, -0.2) is 24.6 Å². The van der Waals surface area contributed by atoms with Crippen LogP contribution in [0.15, 0.2) is 40.4 Å². The van der Waals surface area contributed by atoms with E-state index in [1.165, 1.54) is 11.6 Å². The van der Waals surface area contributed by atoms with Crippen LogP contribution in [0.1, 0.15) is 16.8 Å². The fourth-order valence-corrected chi connectivity index (χ4v) is 2.80. The number of primary amides is 1. The first-order chi connectivity index (χ1) is 11.9. The van der Waals surface area contributed by atoms with E-state index in [2.05, 4.69) is 4.98 Å². The molecule has 0 saturated carbocycles. The van der Waals surface area contributed by atoms with Crippen molar-refractivity contribution in [3.8, 4) is 0 Å². The standard InChI is InChI=1S/C16H18N6O3/c1-19-14-12(15(24)20(2)16(19)25)22(10-18-14)8-4-7-21-6-3-5-11(9-21)13(17)23/h3,5-6,9-10H,4,7-8H2,1-2H3,(H-,17,23)/p+1. The van der Waals surface area contributed by atoms with E-state index in [9.17, 15) is 14.4 Å². The molecule has 1 amide bonds. The smallest absolute Gasteiger partial charge is 0.332 e. The number of hydrogen-bond acceptors (Lipinski definition) is 4. The molecule has 0 radical (unpaired) electrons. The third-order valence-corrected chi connectivity index (χ3v) is 4.18. The number of carbonyl (C=O) groups excluding carboxylic acids is 1. The van der Waals surface area contributed by atoms with Crippen LogP contribution in [-0.2, 0) is 27.2 Å². The van der Waals surface area contributed by atoms with E-state index in [0.717, 1.165) is 4.57 Å². The maximum Gasteiger partial charge on any atom is 0.332 e. The van der Waals surface area contributed by atoms with Crippen LogP contribution in [0, 0.1) is 0 Å². The molecule has 0 aliphatic rings. The molecule has 0 aliphatic carbocycles. The first-order valence-corrected chi connectivity index (χ1v) is 7.80. The topological polar surface area (TPSA) is 109 Å². The van der Waals surface area contributed by atoms with Gasteiger partial charge in [-0.2, -0.15) is 0 Å². The van der Waals surface area contributed by atoms with Gasteiger partial charge in [-0.1, -0.05) is 0 Å². The highest BCUT2D eigenvalue weighted by Gasteiger charge is 2.14. The highest BCUT2D eigenvalue weighted by molar-refractivity contribution is 5.92. The maximum atomic E-state index is 12.4. The lowest BCUT2D eigenvalue weighted by Gasteiger charge is -2.06. The Morgan fingerprint density at radius 3 is 2.76 bits per heavy atom. The molecule has 3 aromatic heterocycles. The Balaban J connectivity index is 1.83. The molecule has 3 heterocycles. The quantitative estimate of drug-likeness (QED) is 0.594. The van der Waals surface area contributed by atoms with Gasteiger partial charge in [-0.05, 0) is 6.07 Å². The average Bonchev–Trinajstić information content (AvgIpc) is 3.02. The molecule has 0 bridgehead atoms. The third kappa shape index (κ3) is 2.95. The second kappa shape index (κ2) is 6.34. The van der Waals surface area contributed by atoms with Gasteiger partial charge in [0.05, 0.1) is 6.33 Å². The normalized spacial score (nSPS) is 11.1. The number of fused-ring (bicyclic) bond motifs is 1. The van der Waals surface area contributed by atoms with Crippen molar-refractivity contribution in [3.63, 3.8) is 0 Å². The van der Waals surface area contributed by atoms with Crippen LogP contribution in [0.5, 0.6) is 0 Å². The number of pyridine rings is 1. The van der Waals surface area contributed by atoms with Crippen molar-refractivity contribution in [1.82, 2.24) is 18.7 Å². The fraction of sp³-hybridized carbons (Fsp3) is 0.312. The molecule has 0 aromatic carbocycles. The minimum atomic E-state index is -0.473. The minimum Gasteiger partial charge on any atom is -0.365 e. The zero-order valence-corrected chi connectivity index (χ0v) is 14.0. The van der Waals surface area contributed by atoms with Gasteiger partial charge >= 0.3 is 5.69 Å². The van der Waals surface area contributed by atoms with Crippen molar-refractivity contribution in [2.45, 2.75) is 19.5 Å². The Bertz CT molecular complexity index is 1080. The molecule has 0 saturated heterocycles. The number of rotatable bonds is 5. The molecule has 9 heteroatoms. The van der Waals surface area contributed by atoms with Crippen LogP contribution in [0.3, 0.4) is 0 Å². The van der Waals surface area contributed by atoms with Crippen molar-refractivity contribution in [3.05, 3.63) is 57.3 Å². The summed E-state index contributed by atoms with van der Waals surface area (Å²) in [7, 11) is 3.04. The van der Waals surface area contributed by atoms with Crippen molar-refractivity contribution in [2.24, 2.45) is 19.8 Å². The lowest BCUT2D eigenvalue weighted by atomic mass is 10.2. The zero-order chi connectivity index (χ0) is 18.1. The number of amides is 1. The van der Waals surface area contributed by atoms with Gasteiger partial charge < -0.3 is 10.3 Å². The van der Waals surface area contributed by atoms with E-state index in [0.29, 0.717) is 36.2 Å². The summed E-state index contributed by atoms with van der Waals surface area (Å²) in [5, 5.41) is 0. The summed E-state index contributed by atoms with van der Waals surface area (Å²) in [6.07, 6.45) is 5.82. The van der Waals surface area contributed by atoms with Gasteiger partial charge in [0, 0.05) is 33.1 Å². The van der Waals surface area contributed by atoms with Gasteiger partial charge in [0.1, 0.15) is 12.1 Å². The number of aromatic nitrogens is 5. The van der Waals surface area contributed by atoms with Gasteiger partial charge in [-0.15, -0.1) is 0 Å². The molecule has 2 N–H and O–H groups in total. The molecular weight excluding hydrogens is 324 g/mol. The van der Waals surface area contributed by atoms with Crippen molar-refractivity contribution < 1.29 is 9.36 Å². The third-order valence-electron chi connectivity index (χ3n) is 4.18. The molecule has 0 atom stereocenters. The lowest BCUT2D eigenvalue weighted by molar-refractivity contribution is -0.697.